The molecule has 0 saturated heterocycles. The zero-order valence-electron chi connectivity index (χ0n) is 12.4. The zero-order chi connectivity index (χ0) is 16.0. The minimum Gasteiger partial charge on any atom is -0.465 e. The van der Waals surface area contributed by atoms with Gasteiger partial charge in [0.25, 0.3) is 0 Å². The molecule has 21 heavy (non-hydrogen) atoms. The Bertz CT molecular complexity index is 511. The number of amides is 1. The summed E-state index contributed by atoms with van der Waals surface area (Å²) in [5.41, 5.74) is 4.63. The number of esters is 1. The van der Waals surface area contributed by atoms with Crippen molar-refractivity contribution in [3.8, 4) is 0 Å². The molecule has 0 fully saturated rings. The number of hydrazine groups is 1. The molecule has 1 aromatic rings. The number of halogens is 1. The van der Waals surface area contributed by atoms with Crippen LogP contribution in [0, 0.1) is 0 Å². The normalized spacial score (nSPS) is 11.1. The van der Waals surface area contributed by atoms with Gasteiger partial charge in [-0.1, -0.05) is 11.6 Å². The fraction of sp³-hybridized carbons (Fsp3) is 0.538. The molecule has 8 heteroatoms. The first-order valence-electron chi connectivity index (χ1n) is 6.31. The van der Waals surface area contributed by atoms with Gasteiger partial charge < -0.3 is 9.47 Å². The third-order valence-corrected chi connectivity index (χ3v) is 3.83. The van der Waals surface area contributed by atoms with Gasteiger partial charge in [-0.15, -0.1) is 11.3 Å². The van der Waals surface area contributed by atoms with Crippen LogP contribution in [0.1, 0.15) is 35.3 Å². The molecule has 1 amide bonds. The maximum Gasteiger partial charge on any atom is 0.422 e. The molecule has 118 valence electrons. The predicted octanol–water partition coefficient (Wildman–Crippen LogP) is 2.76. The first-order valence-corrected chi connectivity index (χ1v) is 7.51. The van der Waals surface area contributed by atoms with Crippen LogP contribution in [0.4, 0.5) is 4.79 Å². The molecule has 0 aliphatic carbocycles. The molecule has 1 aromatic heterocycles. The van der Waals surface area contributed by atoms with Crippen LogP contribution in [0.3, 0.4) is 0 Å². The first-order chi connectivity index (χ1) is 9.73. The lowest BCUT2D eigenvalue weighted by molar-refractivity contribution is 0.0498. The van der Waals surface area contributed by atoms with Crippen LogP contribution in [-0.4, -0.2) is 31.3 Å². The summed E-state index contributed by atoms with van der Waals surface area (Å²) in [6.07, 6.45) is 0.0195. The summed E-state index contributed by atoms with van der Waals surface area (Å²) in [4.78, 5) is 24.1. The number of rotatable bonds is 5. The van der Waals surface area contributed by atoms with Gasteiger partial charge in [-0.3, -0.25) is 5.43 Å². The summed E-state index contributed by atoms with van der Waals surface area (Å²) in [6, 6.07) is 1.58. The summed E-state index contributed by atoms with van der Waals surface area (Å²) in [6.45, 7) is 5.81. The number of thiophene rings is 1. The van der Waals surface area contributed by atoms with Crippen LogP contribution in [0.5, 0.6) is 0 Å². The van der Waals surface area contributed by atoms with E-state index < -0.39 is 17.7 Å². The van der Waals surface area contributed by atoms with E-state index in [0.29, 0.717) is 22.9 Å². The van der Waals surface area contributed by atoms with Crippen molar-refractivity contribution in [1.82, 2.24) is 10.9 Å². The van der Waals surface area contributed by atoms with Crippen molar-refractivity contribution in [3.05, 3.63) is 20.8 Å². The van der Waals surface area contributed by atoms with E-state index in [1.54, 1.807) is 26.8 Å². The molecule has 0 aliphatic rings. The van der Waals surface area contributed by atoms with Crippen LogP contribution in [0.15, 0.2) is 6.07 Å². The van der Waals surface area contributed by atoms with E-state index in [0.717, 1.165) is 4.88 Å². The number of nitrogens with one attached hydrogen (secondary N) is 2. The van der Waals surface area contributed by atoms with Crippen molar-refractivity contribution in [2.45, 2.75) is 32.8 Å². The van der Waals surface area contributed by atoms with Crippen LogP contribution in [0.25, 0.3) is 0 Å². The molecule has 0 bridgehead atoms. The zero-order valence-corrected chi connectivity index (χ0v) is 14.0. The summed E-state index contributed by atoms with van der Waals surface area (Å²) in [5.74, 6) is -0.409. The Kier molecular flexibility index (Phi) is 6.44. The van der Waals surface area contributed by atoms with Crippen molar-refractivity contribution >= 4 is 35.0 Å². The number of carbonyl (C=O) groups is 2. The molecule has 0 atom stereocenters. The molecule has 0 radical (unpaired) electrons. The standard InChI is InChI=1S/C13H19ClN2O4S/c1-13(2,3)20-12(18)16-15-6-5-9-8(14)7-10(21-9)11(17)19-4/h7,15H,5-6H2,1-4H3,(H,16,18). The van der Waals surface area contributed by atoms with E-state index in [-0.39, 0.29) is 0 Å². The largest absolute Gasteiger partial charge is 0.465 e. The lowest BCUT2D eigenvalue weighted by atomic mass is 10.2. The molecule has 0 saturated carbocycles. The number of carbonyl (C=O) groups excluding carboxylic acids is 2. The predicted molar refractivity (Wildman–Crippen MR) is 81.7 cm³/mol. The SMILES string of the molecule is COC(=O)c1cc(Cl)c(CCNNC(=O)OC(C)(C)C)s1. The Balaban J connectivity index is 2.38. The molecular weight excluding hydrogens is 316 g/mol. The smallest absolute Gasteiger partial charge is 0.422 e. The van der Waals surface area contributed by atoms with E-state index in [2.05, 4.69) is 15.6 Å². The number of methoxy groups -OCH3 is 1. The van der Waals surface area contributed by atoms with Gasteiger partial charge in [-0.2, -0.15) is 0 Å². The molecular formula is C13H19ClN2O4S. The van der Waals surface area contributed by atoms with Crippen molar-refractivity contribution in [3.63, 3.8) is 0 Å². The molecule has 1 rings (SSSR count). The van der Waals surface area contributed by atoms with E-state index >= 15 is 0 Å². The Labute approximate surface area is 132 Å². The Morgan fingerprint density at radius 3 is 2.62 bits per heavy atom. The summed E-state index contributed by atoms with van der Waals surface area (Å²) in [5, 5.41) is 0.513. The fourth-order valence-corrected chi connectivity index (χ4v) is 2.75. The second-order valence-electron chi connectivity index (χ2n) is 5.18. The van der Waals surface area contributed by atoms with Crippen LogP contribution in [0.2, 0.25) is 5.02 Å². The van der Waals surface area contributed by atoms with E-state index in [4.69, 9.17) is 16.3 Å². The highest BCUT2D eigenvalue weighted by Crippen LogP contribution is 2.27. The lowest BCUT2D eigenvalue weighted by Gasteiger charge is -2.19. The summed E-state index contributed by atoms with van der Waals surface area (Å²) >= 11 is 7.31. The van der Waals surface area contributed by atoms with Crippen LogP contribution >= 0.6 is 22.9 Å². The first kappa shape index (κ1) is 17.7. The number of hydrogen-bond donors (Lipinski definition) is 2. The van der Waals surface area contributed by atoms with Crippen LogP contribution < -0.4 is 10.9 Å². The minimum atomic E-state index is -0.546. The van der Waals surface area contributed by atoms with Crippen molar-refractivity contribution in [1.29, 1.82) is 0 Å². The topological polar surface area (TPSA) is 76.7 Å². The molecule has 0 aliphatic heterocycles. The van der Waals surface area contributed by atoms with Gasteiger partial charge in [0, 0.05) is 11.4 Å². The third kappa shape index (κ3) is 6.33. The number of ether oxygens (including phenoxy) is 2. The molecule has 0 spiro atoms. The van der Waals surface area contributed by atoms with Crippen molar-refractivity contribution in [2.24, 2.45) is 0 Å². The van der Waals surface area contributed by atoms with Gasteiger partial charge in [0.15, 0.2) is 0 Å². The maximum atomic E-state index is 11.4. The second-order valence-corrected chi connectivity index (χ2v) is 6.72. The van der Waals surface area contributed by atoms with Gasteiger partial charge in [-0.25, -0.2) is 15.0 Å². The fourth-order valence-electron chi connectivity index (χ4n) is 1.39. The Morgan fingerprint density at radius 1 is 1.38 bits per heavy atom. The maximum absolute atomic E-state index is 11.4. The monoisotopic (exact) mass is 334 g/mol. The van der Waals surface area contributed by atoms with Gasteiger partial charge in [-0.05, 0) is 33.3 Å². The Morgan fingerprint density at radius 2 is 2.05 bits per heavy atom. The van der Waals surface area contributed by atoms with Crippen molar-refractivity contribution in [2.75, 3.05) is 13.7 Å². The third-order valence-electron chi connectivity index (χ3n) is 2.21. The van der Waals surface area contributed by atoms with E-state index in [1.165, 1.54) is 18.4 Å². The highest BCUT2D eigenvalue weighted by Gasteiger charge is 2.16. The van der Waals surface area contributed by atoms with Crippen molar-refractivity contribution < 1.29 is 19.1 Å². The number of hydrogen-bond acceptors (Lipinski definition) is 6. The summed E-state index contributed by atoms with van der Waals surface area (Å²) < 4.78 is 9.70. The quantitative estimate of drug-likeness (QED) is 0.492. The van der Waals surface area contributed by atoms with Crippen LogP contribution in [-0.2, 0) is 15.9 Å². The van der Waals surface area contributed by atoms with E-state index in [9.17, 15) is 9.59 Å². The highest BCUT2D eigenvalue weighted by atomic mass is 35.5. The van der Waals surface area contributed by atoms with Gasteiger partial charge in [0.05, 0.1) is 12.1 Å². The summed E-state index contributed by atoms with van der Waals surface area (Å²) in [7, 11) is 1.32. The minimum absolute atomic E-state index is 0.409. The Hall–Kier alpha value is -1.31. The molecule has 0 aromatic carbocycles. The van der Waals surface area contributed by atoms with Gasteiger partial charge >= 0.3 is 12.1 Å². The average Bonchev–Trinajstić information content (AvgIpc) is 2.73. The molecule has 2 N–H and O–H groups in total. The highest BCUT2D eigenvalue weighted by molar-refractivity contribution is 7.14. The molecule has 0 unspecified atom stereocenters. The lowest BCUT2D eigenvalue weighted by Crippen LogP contribution is -2.41. The average molecular weight is 335 g/mol. The molecule has 1 heterocycles. The van der Waals surface area contributed by atoms with Gasteiger partial charge in [0.1, 0.15) is 10.5 Å². The van der Waals surface area contributed by atoms with Gasteiger partial charge in [0.2, 0.25) is 0 Å². The molecule has 6 nitrogen and oxygen atoms in total. The van der Waals surface area contributed by atoms with E-state index in [1.807, 2.05) is 0 Å². The second kappa shape index (κ2) is 7.63.